The van der Waals surface area contributed by atoms with Gasteiger partial charge in [0.15, 0.2) is 5.79 Å². The van der Waals surface area contributed by atoms with E-state index < -0.39 is 5.91 Å². The maximum absolute atomic E-state index is 11.3. The molecule has 1 fully saturated rings. The molecule has 2 aliphatic rings. The van der Waals surface area contributed by atoms with Crippen LogP contribution in [0.2, 0.25) is 0 Å². The fraction of sp³-hybridized carbons (Fsp3) is 0.438. The first-order chi connectivity index (χ1) is 10.1. The highest BCUT2D eigenvalue weighted by Crippen LogP contribution is 2.35. The molecule has 0 aromatic heterocycles. The van der Waals surface area contributed by atoms with Gasteiger partial charge in [-0.25, -0.2) is 0 Å². The second kappa shape index (κ2) is 5.50. The van der Waals surface area contributed by atoms with Crippen LogP contribution in [0.5, 0.6) is 0 Å². The predicted molar refractivity (Wildman–Crippen MR) is 79.6 cm³/mol. The summed E-state index contributed by atoms with van der Waals surface area (Å²) >= 11 is 0. The first-order valence-corrected chi connectivity index (χ1v) is 7.22. The molecule has 1 aromatic rings. The molecule has 1 aliphatic carbocycles. The molecule has 0 unspecified atom stereocenters. The lowest BCUT2D eigenvalue weighted by Crippen LogP contribution is -2.31. The van der Waals surface area contributed by atoms with Gasteiger partial charge in [-0.3, -0.25) is 4.79 Å². The lowest BCUT2D eigenvalue weighted by atomic mass is 9.90. The van der Waals surface area contributed by atoms with Crippen LogP contribution in [-0.2, 0) is 15.9 Å². The minimum absolute atomic E-state index is 0.386. The molecule has 1 aromatic carbocycles. The van der Waals surface area contributed by atoms with Crippen molar-refractivity contribution in [2.45, 2.75) is 31.5 Å². The van der Waals surface area contributed by atoms with E-state index in [2.05, 4.69) is 6.08 Å². The van der Waals surface area contributed by atoms with E-state index in [0.29, 0.717) is 24.5 Å². The van der Waals surface area contributed by atoms with Crippen LogP contribution in [0.15, 0.2) is 29.8 Å². The van der Waals surface area contributed by atoms with Crippen molar-refractivity contribution < 1.29 is 14.3 Å². The number of benzene rings is 1. The molecular weight excluding hydrogens is 268 g/mol. The van der Waals surface area contributed by atoms with Crippen molar-refractivity contribution in [1.29, 1.82) is 0 Å². The predicted octanol–water partition coefficient (Wildman–Crippen LogP) is 1.76. The van der Waals surface area contributed by atoms with Gasteiger partial charge in [-0.1, -0.05) is 17.7 Å². The number of hydrogen-bond donors (Lipinski definition) is 2. The third-order valence-electron chi connectivity index (χ3n) is 4.16. The number of carbonyl (C=O) groups is 1. The highest BCUT2D eigenvalue weighted by molar-refractivity contribution is 5.98. The number of allylic oxidation sites excluding steroid dienone is 1. The Hall–Kier alpha value is -1.85. The van der Waals surface area contributed by atoms with Gasteiger partial charge in [-0.05, 0) is 30.5 Å². The van der Waals surface area contributed by atoms with Crippen LogP contribution in [0.1, 0.15) is 35.2 Å². The minimum atomic E-state index is -0.487. The first kappa shape index (κ1) is 14.1. The summed E-state index contributed by atoms with van der Waals surface area (Å²) in [6.07, 6.45) is 5.61. The topological polar surface area (TPSA) is 87.6 Å². The van der Waals surface area contributed by atoms with Crippen molar-refractivity contribution in [1.82, 2.24) is 0 Å². The van der Waals surface area contributed by atoms with E-state index in [1.807, 2.05) is 6.07 Å². The Morgan fingerprint density at radius 1 is 1.29 bits per heavy atom. The van der Waals surface area contributed by atoms with Crippen LogP contribution in [0, 0.1) is 0 Å². The average molecular weight is 288 g/mol. The van der Waals surface area contributed by atoms with Crippen molar-refractivity contribution in [2.24, 2.45) is 5.73 Å². The van der Waals surface area contributed by atoms with Crippen molar-refractivity contribution in [3.63, 3.8) is 0 Å². The zero-order valence-corrected chi connectivity index (χ0v) is 11.9. The van der Waals surface area contributed by atoms with Crippen molar-refractivity contribution in [2.75, 3.05) is 18.9 Å². The largest absolute Gasteiger partial charge is 0.398 e. The van der Waals surface area contributed by atoms with Gasteiger partial charge >= 0.3 is 0 Å². The summed E-state index contributed by atoms with van der Waals surface area (Å²) in [5, 5.41) is 0. The van der Waals surface area contributed by atoms with Crippen molar-refractivity contribution >= 4 is 11.6 Å². The third kappa shape index (κ3) is 2.94. The summed E-state index contributed by atoms with van der Waals surface area (Å²) in [5.74, 6) is -0.873. The lowest BCUT2D eigenvalue weighted by molar-refractivity contribution is -0.161. The van der Waals surface area contributed by atoms with E-state index in [1.54, 1.807) is 12.1 Å². The number of amides is 1. The molecule has 1 heterocycles. The van der Waals surface area contributed by atoms with E-state index in [1.165, 1.54) is 5.57 Å². The quantitative estimate of drug-likeness (QED) is 0.655. The van der Waals surface area contributed by atoms with Gasteiger partial charge in [0, 0.05) is 18.5 Å². The second-order valence-electron chi connectivity index (χ2n) is 5.64. The third-order valence-corrected chi connectivity index (χ3v) is 4.16. The molecule has 112 valence electrons. The molecule has 0 radical (unpaired) electrons. The van der Waals surface area contributed by atoms with Crippen molar-refractivity contribution in [3.8, 4) is 0 Å². The highest BCUT2D eigenvalue weighted by atomic mass is 16.7. The molecule has 1 aliphatic heterocycles. The standard InChI is InChI=1S/C16H20N2O3/c17-14-2-1-12(10-13(14)15(18)19)9-11-3-5-16(6-4-11)20-7-8-21-16/h1-3,10H,4-9,17H2,(H2,18,19). The maximum atomic E-state index is 11.3. The molecule has 0 bridgehead atoms. The van der Waals surface area contributed by atoms with Gasteiger partial charge < -0.3 is 20.9 Å². The molecule has 1 amide bonds. The Kier molecular flexibility index (Phi) is 3.69. The molecule has 5 nitrogen and oxygen atoms in total. The van der Waals surface area contributed by atoms with Gasteiger partial charge in [-0.2, -0.15) is 0 Å². The summed E-state index contributed by atoms with van der Waals surface area (Å²) in [4.78, 5) is 11.3. The van der Waals surface area contributed by atoms with Gasteiger partial charge in [-0.15, -0.1) is 0 Å². The summed E-state index contributed by atoms with van der Waals surface area (Å²) in [6, 6.07) is 5.46. The molecular formula is C16H20N2O3. The highest BCUT2D eigenvalue weighted by Gasteiger charge is 2.37. The van der Waals surface area contributed by atoms with Crippen LogP contribution in [0.4, 0.5) is 5.69 Å². The molecule has 5 heteroatoms. The number of carbonyl (C=O) groups excluding carboxylic acids is 1. The Labute approximate surface area is 123 Å². The summed E-state index contributed by atoms with van der Waals surface area (Å²) < 4.78 is 11.4. The summed E-state index contributed by atoms with van der Waals surface area (Å²) in [5.41, 5.74) is 14.3. The molecule has 0 atom stereocenters. The number of primary amides is 1. The smallest absolute Gasteiger partial charge is 0.250 e. The van der Waals surface area contributed by atoms with Gasteiger partial charge in [0.1, 0.15) is 0 Å². The molecule has 21 heavy (non-hydrogen) atoms. The molecule has 3 rings (SSSR count). The zero-order chi connectivity index (χ0) is 14.9. The number of rotatable bonds is 3. The Morgan fingerprint density at radius 2 is 2.05 bits per heavy atom. The van der Waals surface area contributed by atoms with Crippen molar-refractivity contribution in [3.05, 3.63) is 41.0 Å². The van der Waals surface area contributed by atoms with Gasteiger partial charge in [0.2, 0.25) is 0 Å². The molecule has 0 saturated carbocycles. The van der Waals surface area contributed by atoms with E-state index >= 15 is 0 Å². The lowest BCUT2D eigenvalue weighted by Gasteiger charge is -2.30. The monoisotopic (exact) mass is 288 g/mol. The number of nitrogens with two attached hydrogens (primary N) is 2. The first-order valence-electron chi connectivity index (χ1n) is 7.22. The van der Waals surface area contributed by atoms with Gasteiger partial charge in [0.05, 0.1) is 18.8 Å². The number of hydrogen-bond acceptors (Lipinski definition) is 4. The van der Waals surface area contributed by atoms with Crippen LogP contribution in [0.25, 0.3) is 0 Å². The summed E-state index contributed by atoms with van der Waals surface area (Å²) in [7, 11) is 0. The normalized spacial score (nSPS) is 20.5. The Balaban J connectivity index is 1.71. The Bertz CT molecular complexity index is 589. The maximum Gasteiger partial charge on any atom is 0.250 e. The zero-order valence-electron chi connectivity index (χ0n) is 11.9. The van der Waals surface area contributed by atoms with E-state index in [0.717, 1.165) is 31.2 Å². The Morgan fingerprint density at radius 3 is 2.67 bits per heavy atom. The van der Waals surface area contributed by atoms with Gasteiger partial charge in [0.25, 0.3) is 5.91 Å². The van der Waals surface area contributed by atoms with Crippen LogP contribution >= 0.6 is 0 Å². The SMILES string of the molecule is NC(=O)c1cc(CC2=CCC3(CC2)OCCO3)ccc1N. The number of ether oxygens (including phenoxy) is 2. The fourth-order valence-corrected chi connectivity index (χ4v) is 2.96. The second-order valence-corrected chi connectivity index (χ2v) is 5.64. The summed E-state index contributed by atoms with van der Waals surface area (Å²) in [6.45, 7) is 1.37. The minimum Gasteiger partial charge on any atom is -0.398 e. The van der Waals surface area contributed by atoms with Crippen LogP contribution < -0.4 is 11.5 Å². The number of anilines is 1. The average Bonchev–Trinajstić information content (AvgIpc) is 2.92. The van der Waals surface area contributed by atoms with E-state index in [-0.39, 0.29) is 5.79 Å². The van der Waals surface area contributed by atoms with E-state index in [9.17, 15) is 4.79 Å². The molecule has 1 saturated heterocycles. The number of nitrogen functional groups attached to an aromatic ring is 1. The molecule has 4 N–H and O–H groups in total. The fourth-order valence-electron chi connectivity index (χ4n) is 2.96. The van der Waals surface area contributed by atoms with E-state index in [4.69, 9.17) is 20.9 Å². The molecule has 1 spiro atoms. The van der Waals surface area contributed by atoms with Crippen LogP contribution in [-0.4, -0.2) is 24.9 Å². The van der Waals surface area contributed by atoms with Crippen LogP contribution in [0.3, 0.4) is 0 Å².